The largest absolute Gasteiger partial charge is 0.389 e. The zero-order valence-electron chi connectivity index (χ0n) is 9.71. The highest BCUT2D eigenvalue weighted by atomic mass is 79.9. The molecule has 0 saturated heterocycles. The van der Waals surface area contributed by atoms with E-state index >= 15 is 0 Å². The summed E-state index contributed by atoms with van der Waals surface area (Å²) in [6.07, 6.45) is 6.57. The van der Waals surface area contributed by atoms with Crippen molar-refractivity contribution >= 4 is 27.3 Å². The molecule has 0 spiro atoms. The number of halogens is 1. The molecule has 0 amide bonds. The molecule has 2 rings (SSSR count). The average molecular weight is 303 g/mol. The maximum Gasteiger partial charge on any atom is 0.0723 e. The number of rotatable bonds is 3. The van der Waals surface area contributed by atoms with Gasteiger partial charge in [0.05, 0.1) is 5.60 Å². The molecular weight excluding hydrogens is 284 g/mol. The molecule has 1 aliphatic carbocycles. The predicted octanol–water partition coefficient (Wildman–Crippen LogP) is 4.38. The Bertz CT molecular complexity index is 349. The normalized spacial score (nSPS) is 30.6. The lowest BCUT2D eigenvalue weighted by Crippen LogP contribution is -2.42. The van der Waals surface area contributed by atoms with Gasteiger partial charge in [-0.15, -0.1) is 11.3 Å². The third kappa shape index (κ3) is 2.69. The summed E-state index contributed by atoms with van der Waals surface area (Å²) < 4.78 is 1.14. The molecule has 1 aliphatic rings. The van der Waals surface area contributed by atoms with Gasteiger partial charge in [-0.1, -0.05) is 26.2 Å². The van der Waals surface area contributed by atoms with Crippen molar-refractivity contribution in [2.45, 2.75) is 51.0 Å². The molecule has 2 atom stereocenters. The molecule has 90 valence electrons. The smallest absolute Gasteiger partial charge is 0.0723 e. The summed E-state index contributed by atoms with van der Waals surface area (Å²) in [6.45, 7) is 2.20. The first-order chi connectivity index (χ1) is 7.64. The summed E-state index contributed by atoms with van der Waals surface area (Å²) in [4.78, 5) is 1.30. The summed E-state index contributed by atoms with van der Waals surface area (Å²) in [5.41, 5.74) is -0.447. The summed E-state index contributed by atoms with van der Waals surface area (Å²) in [7, 11) is 0. The summed E-state index contributed by atoms with van der Waals surface area (Å²) in [6, 6.07) is 2.14. The molecule has 1 saturated carbocycles. The molecule has 0 bridgehead atoms. The van der Waals surface area contributed by atoms with Crippen LogP contribution in [0, 0.1) is 5.92 Å². The molecule has 1 aromatic rings. The summed E-state index contributed by atoms with van der Waals surface area (Å²) >= 11 is 5.22. The van der Waals surface area contributed by atoms with Gasteiger partial charge < -0.3 is 5.11 Å². The Morgan fingerprint density at radius 2 is 2.38 bits per heavy atom. The van der Waals surface area contributed by atoms with Crippen LogP contribution in [0.25, 0.3) is 0 Å². The van der Waals surface area contributed by atoms with Crippen molar-refractivity contribution in [1.29, 1.82) is 0 Å². The number of aliphatic hydroxyl groups is 1. The van der Waals surface area contributed by atoms with Crippen LogP contribution in [0.1, 0.15) is 43.9 Å². The fraction of sp³-hybridized carbons (Fsp3) is 0.692. The zero-order chi connectivity index (χ0) is 11.6. The van der Waals surface area contributed by atoms with Crippen LogP contribution in [0.2, 0.25) is 0 Å². The molecule has 2 unspecified atom stereocenters. The van der Waals surface area contributed by atoms with E-state index in [1.807, 2.05) is 0 Å². The van der Waals surface area contributed by atoms with Gasteiger partial charge in [0, 0.05) is 21.2 Å². The summed E-state index contributed by atoms with van der Waals surface area (Å²) in [5.74, 6) is 0.488. The Kier molecular flexibility index (Phi) is 4.09. The Balaban J connectivity index is 2.10. The van der Waals surface area contributed by atoms with Crippen LogP contribution in [0.3, 0.4) is 0 Å². The standard InChI is InChI=1S/C13H19BrOS/c1-2-10-5-3-4-6-13(10,15)8-12-7-11(14)9-16-12/h7,9-10,15H,2-6,8H2,1H3. The molecule has 1 N–H and O–H groups in total. The monoisotopic (exact) mass is 302 g/mol. The predicted molar refractivity (Wildman–Crippen MR) is 72.9 cm³/mol. The van der Waals surface area contributed by atoms with Gasteiger partial charge in [-0.25, -0.2) is 0 Å². The van der Waals surface area contributed by atoms with Gasteiger partial charge in [0.15, 0.2) is 0 Å². The van der Waals surface area contributed by atoms with Crippen LogP contribution < -0.4 is 0 Å². The van der Waals surface area contributed by atoms with E-state index in [4.69, 9.17) is 0 Å². The lowest BCUT2D eigenvalue weighted by Gasteiger charge is -2.39. The molecule has 1 aromatic heterocycles. The van der Waals surface area contributed by atoms with E-state index in [1.165, 1.54) is 24.1 Å². The molecule has 0 aromatic carbocycles. The SMILES string of the molecule is CCC1CCCCC1(O)Cc1cc(Br)cs1. The fourth-order valence-electron chi connectivity index (χ4n) is 2.86. The third-order valence-corrected chi connectivity index (χ3v) is 5.46. The lowest BCUT2D eigenvalue weighted by molar-refractivity contribution is -0.0485. The topological polar surface area (TPSA) is 20.2 Å². The van der Waals surface area contributed by atoms with Crippen LogP contribution in [0.15, 0.2) is 15.9 Å². The Hall–Kier alpha value is 0.140. The minimum atomic E-state index is -0.447. The van der Waals surface area contributed by atoms with Gasteiger partial charge in [-0.3, -0.25) is 0 Å². The van der Waals surface area contributed by atoms with E-state index in [9.17, 15) is 5.11 Å². The molecule has 1 nitrogen and oxygen atoms in total. The number of hydrogen-bond donors (Lipinski definition) is 1. The first-order valence-corrected chi connectivity index (χ1v) is 7.76. The van der Waals surface area contributed by atoms with Crippen LogP contribution in [0.4, 0.5) is 0 Å². The second-order valence-electron chi connectivity index (χ2n) is 4.86. The van der Waals surface area contributed by atoms with Crippen molar-refractivity contribution in [3.63, 3.8) is 0 Å². The third-order valence-electron chi connectivity index (χ3n) is 3.77. The van der Waals surface area contributed by atoms with Crippen molar-refractivity contribution in [2.24, 2.45) is 5.92 Å². The van der Waals surface area contributed by atoms with Crippen molar-refractivity contribution in [3.05, 3.63) is 20.8 Å². The van der Waals surface area contributed by atoms with Crippen molar-refractivity contribution in [2.75, 3.05) is 0 Å². The van der Waals surface area contributed by atoms with E-state index in [-0.39, 0.29) is 0 Å². The first kappa shape index (κ1) is 12.6. The molecule has 0 radical (unpaired) electrons. The molecule has 3 heteroatoms. The second kappa shape index (κ2) is 5.19. The van der Waals surface area contributed by atoms with Crippen molar-refractivity contribution in [3.8, 4) is 0 Å². The quantitative estimate of drug-likeness (QED) is 0.878. The lowest BCUT2D eigenvalue weighted by atomic mass is 9.72. The summed E-state index contributed by atoms with van der Waals surface area (Å²) in [5, 5.41) is 12.9. The van der Waals surface area contributed by atoms with Crippen LogP contribution in [-0.2, 0) is 6.42 Å². The first-order valence-electron chi connectivity index (χ1n) is 6.09. The van der Waals surface area contributed by atoms with Gasteiger partial charge >= 0.3 is 0 Å². The Morgan fingerprint density at radius 1 is 1.56 bits per heavy atom. The van der Waals surface area contributed by atoms with Gasteiger partial charge in [-0.2, -0.15) is 0 Å². The van der Waals surface area contributed by atoms with Gasteiger partial charge in [-0.05, 0) is 40.8 Å². The van der Waals surface area contributed by atoms with Crippen LogP contribution >= 0.6 is 27.3 Å². The fourth-order valence-corrected chi connectivity index (χ4v) is 4.43. The molecular formula is C13H19BrOS. The molecule has 1 heterocycles. The van der Waals surface area contributed by atoms with Crippen molar-refractivity contribution in [1.82, 2.24) is 0 Å². The highest BCUT2D eigenvalue weighted by Crippen LogP contribution is 2.39. The van der Waals surface area contributed by atoms with Gasteiger partial charge in [0.2, 0.25) is 0 Å². The minimum absolute atomic E-state index is 0.447. The van der Waals surface area contributed by atoms with E-state index in [0.717, 1.165) is 23.7 Å². The highest BCUT2D eigenvalue weighted by Gasteiger charge is 2.37. The highest BCUT2D eigenvalue weighted by molar-refractivity contribution is 9.10. The van der Waals surface area contributed by atoms with E-state index in [0.29, 0.717) is 5.92 Å². The maximum absolute atomic E-state index is 10.8. The minimum Gasteiger partial charge on any atom is -0.389 e. The number of thiophene rings is 1. The van der Waals surface area contributed by atoms with Gasteiger partial charge in [0.1, 0.15) is 0 Å². The average Bonchev–Trinajstić information content (AvgIpc) is 2.64. The second-order valence-corrected chi connectivity index (χ2v) is 6.77. The van der Waals surface area contributed by atoms with Crippen molar-refractivity contribution < 1.29 is 5.11 Å². The molecule has 1 fully saturated rings. The number of hydrogen-bond acceptors (Lipinski definition) is 2. The van der Waals surface area contributed by atoms with E-state index in [1.54, 1.807) is 11.3 Å². The van der Waals surface area contributed by atoms with Crippen LogP contribution in [-0.4, -0.2) is 10.7 Å². The Morgan fingerprint density at radius 3 is 3.00 bits per heavy atom. The zero-order valence-corrected chi connectivity index (χ0v) is 12.1. The van der Waals surface area contributed by atoms with E-state index in [2.05, 4.69) is 34.3 Å². The van der Waals surface area contributed by atoms with E-state index < -0.39 is 5.60 Å². The van der Waals surface area contributed by atoms with Crippen LogP contribution in [0.5, 0.6) is 0 Å². The van der Waals surface area contributed by atoms with Gasteiger partial charge in [0.25, 0.3) is 0 Å². The molecule has 0 aliphatic heterocycles. The maximum atomic E-state index is 10.8. The molecule has 16 heavy (non-hydrogen) atoms. The Labute approximate surface area is 110 Å².